The summed E-state index contributed by atoms with van der Waals surface area (Å²) in [5, 5.41) is 7.46. The Labute approximate surface area is 297 Å². The molecule has 218 valence electrons. The smallest absolute Gasteiger partial charge is 0.459 e. The minimum Gasteiger partial charge on any atom is -0.459 e. The Morgan fingerprint density at radius 1 is 1.21 bits per heavy atom. The molecule has 0 aliphatic carbocycles. The second kappa shape index (κ2) is 22.7. The predicted octanol–water partition coefficient (Wildman–Crippen LogP) is 3.66. The maximum absolute atomic E-state index is 12.7. The SMILES string of the molecule is CCCCCCCSC(=S)SC(CCC(C)(C)C(=O)OCc1cn(CCC[Si](O)(O)OC)nn1)C(N)=O.[Y].[Y]. The van der Waals surface area contributed by atoms with Crippen molar-refractivity contribution in [3.63, 3.8) is 0 Å². The van der Waals surface area contributed by atoms with Gasteiger partial charge < -0.3 is 24.5 Å². The molecule has 0 spiro atoms. The number of aryl methyl sites for hydroxylation is 1. The van der Waals surface area contributed by atoms with Gasteiger partial charge in [-0.2, -0.15) is 0 Å². The summed E-state index contributed by atoms with van der Waals surface area (Å²) in [6.45, 7) is 6.12. The van der Waals surface area contributed by atoms with Crippen LogP contribution in [-0.4, -0.2) is 66.9 Å². The summed E-state index contributed by atoms with van der Waals surface area (Å²) in [6, 6.07) is 0.148. The van der Waals surface area contributed by atoms with Crippen LogP contribution in [0, 0.1) is 5.41 Å². The second-order valence-electron chi connectivity index (χ2n) is 9.54. The van der Waals surface area contributed by atoms with Crippen LogP contribution >= 0.6 is 35.7 Å². The van der Waals surface area contributed by atoms with E-state index in [1.54, 1.807) is 36.5 Å². The number of esters is 1. The monoisotopic (exact) mass is 772 g/mol. The van der Waals surface area contributed by atoms with E-state index in [0.29, 0.717) is 35.0 Å². The average molecular weight is 773 g/mol. The number of primary amides is 1. The molecule has 16 heteroatoms. The molecule has 0 aliphatic rings. The second-order valence-corrected chi connectivity index (χ2v) is 15.4. The van der Waals surface area contributed by atoms with Crippen molar-refractivity contribution in [2.45, 2.75) is 96.6 Å². The van der Waals surface area contributed by atoms with E-state index in [1.165, 1.54) is 44.6 Å². The molecule has 0 saturated carbocycles. The first-order valence-corrected chi connectivity index (χ1v) is 16.9. The molecule has 0 bridgehead atoms. The number of unbranched alkanes of at least 4 members (excludes halogenated alkanes) is 4. The van der Waals surface area contributed by atoms with Crippen LogP contribution < -0.4 is 5.73 Å². The Morgan fingerprint density at radius 2 is 1.87 bits per heavy atom. The van der Waals surface area contributed by atoms with Crippen molar-refractivity contribution in [1.29, 1.82) is 0 Å². The van der Waals surface area contributed by atoms with Gasteiger partial charge in [-0.05, 0) is 45.3 Å². The number of amides is 1. The molecule has 1 rings (SSSR count). The van der Waals surface area contributed by atoms with Gasteiger partial charge in [0.15, 0.2) is 0 Å². The van der Waals surface area contributed by atoms with Gasteiger partial charge in [-0.1, -0.05) is 61.8 Å². The maximum Gasteiger partial charge on any atom is 0.495 e. The van der Waals surface area contributed by atoms with E-state index in [-0.39, 0.29) is 78.1 Å². The Bertz CT molecular complexity index is 868. The third-order valence-electron chi connectivity index (χ3n) is 5.76. The van der Waals surface area contributed by atoms with Crippen molar-refractivity contribution in [1.82, 2.24) is 15.0 Å². The van der Waals surface area contributed by atoms with E-state index in [1.807, 2.05) is 0 Å². The third kappa shape index (κ3) is 19.1. The molecular formula is C23H42N4O6S3SiY2. The number of hydrogen-bond donors (Lipinski definition) is 3. The third-order valence-corrected chi connectivity index (χ3v) is 10.4. The maximum atomic E-state index is 12.7. The van der Waals surface area contributed by atoms with E-state index in [9.17, 15) is 19.2 Å². The number of carbonyl (C=O) groups is 2. The molecule has 1 aromatic rings. The zero-order valence-electron chi connectivity index (χ0n) is 23.5. The van der Waals surface area contributed by atoms with Crippen molar-refractivity contribution in [3.8, 4) is 0 Å². The Balaban J connectivity index is 0. The molecular weight excluding hydrogens is 730 g/mol. The van der Waals surface area contributed by atoms with Crippen molar-refractivity contribution >= 4 is 60.0 Å². The van der Waals surface area contributed by atoms with Crippen LogP contribution in [0.4, 0.5) is 0 Å². The molecule has 1 amide bonds. The van der Waals surface area contributed by atoms with Crippen LogP contribution in [0.3, 0.4) is 0 Å². The Hall–Kier alpha value is 1.17. The number of nitrogens with zero attached hydrogens (tertiary/aromatic N) is 3. The average Bonchev–Trinajstić information content (AvgIpc) is 3.29. The van der Waals surface area contributed by atoms with Crippen molar-refractivity contribution in [3.05, 3.63) is 11.9 Å². The molecule has 39 heavy (non-hydrogen) atoms. The van der Waals surface area contributed by atoms with E-state index in [0.717, 1.165) is 12.2 Å². The van der Waals surface area contributed by atoms with Gasteiger partial charge in [-0.15, -0.1) is 16.9 Å². The summed E-state index contributed by atoms with van der Waals surface area (Å²) in [7, 11) is -2.32. The van der Waals surface area contributed by atoms with Gasteiger partial charge in [-0.25, -0.2) is 0 Å². The van der Waals surface area contributed by atoms with Crippen LogP contribution in [-0.2, 0) is 97.3 Å². The molecule has 2 radical (unpaired) electrons. The molecule has 4 N–H and O–H groups in total. The van der Waals surface area contributed by atoms with E-state index >= 15 is 0 Å². The fourth-order valence-electron chi connectivity index (χ4n) is 3.29. The minimum atomic E-state index is -3.59. The number of ether oxygens (including phenoxy) is 1. The summed E-state index contributed by atoms with van der Waals surface area (Å²) in [4.78, 5) is 43.9. The fraction of sp³-hybridized carbons (Fsp3) is 0.783. The zero-order valence-corrected chi connectivity index (χ0v) is 32.6. The molecule has 10 nitrogen and oxygen atoms in total. The van der Waals surface area contributed by atoms with Gasteiger partial charge in [-0.3, -0.25) is 14.3 Å². The van der Waals surface area contributed by atoms with Gasteiger partial charge in [0.1, 0.15) is 15.8 Å². The fourth-order valence-corrected chi connectivity index (χ4v) is 6.68. The first kappa shape index (κ1) is 42.3. The minimum absolute atomic E-state index is 0. The van der Waals surface area contributed by atoms with Crippen molar-refractivity contribution in [2.75, 3.05) is 12.9 Å². The first-order chi connectivity index (χ1) is 17.4. The predicted molar refractivity (Wildman–Crippen MR) is 154 cm³/mol. The standard InChI is InChI=1S/C23H42N4O6S3Si.2Y/c1-5-6-7-8-9-14-35-22(34)36-19(20(24)28)11-12-23(2,3)21(29)33-17-18-16-27(26-25-18)13-10-15-37(30,31)32-4;;/h16,19,30-31H,5-15,17H2,1-4H3,(H2,24,28);;. The number of nitrogens with two attached hydrogens (primary N) is 1. The van der Waals surface area contributed by atoms with Crippen LogP contribution in [0.15, 0.2) is 6.20 Å². The van der Waals surface area contributed by atoms with Gasteiger partial charge in [0.25, 0.3) is 0 Å². The molecule has 0 fully saturated rings. The van der Waals surface area contributed by atoms with Crippen LogP contribution in [0.1, 0.15) is 77.8 Å². The van der Waals surface area contributed by atoms with E-state index in [2.05, 4.69) is 21.7 Å². The largest absolute Gasteiger partial charge is 0.495 e. The van der Waals surface area contributed by atoms with E-state index < -0.39 is 31.3 Å². The van der Waals surface area contributed by atoms with Crippen LogP contribution in [0.25, 0.3) is 0 Å². The molecule has 0 aliphatic heterocycles. The Kier molecular flexibility index (Phi) is 24.6. The van der Waals surface area contributed by atoms with Crippen molar-refractivity contribution < 1.29 is 93.8 Å². The van der Waals surface area contributed by atoms with Crippen LogP contribution in [0.2, 0.25) is 6.04 Å². The molecule has 1 atom stereocenters. The Morgan fingerprint density at radius 3 is 2.49 bits per heavy atom. The molecule has 0 saturated heterocycles. The number of rotatable bonds is 19. The van der Waals surface area contributed by atoms with Gasteiger partial charge in [0.05, 0.1) is 16.9 Å². The van der Waals surface area contributed by atoms with Crippen LogP contribution in [0.5, 0.6) is 0 Å². The summed E-state index contributed by atoms with van der Waals surface area (Å²) < 4.78 is 12.4. The molecule has 0 aromatic carbocycles. The van der Waals surface area contributed by atoms with Gasteiger partial charge in [0.2, 0.25) is 5.91 Å². The van der Waals surface area contributed by atoms with Crippen molar-refractivity contribution in [2.24, 2.45) is 11.1 Å². The summed E-state index contributed by atoms with van der Waals surface area (Å²) in [5.41, 5.74) is 5.27. The quantitative estimate of drug-likeness (QED) is 0.0819. The number of aromatic nitrogens is 3. The van der Waals surface area contributed by atoms with Gasteiger partial charge >= 0.3 is 14.8 Å². The first-order valence-electron chi connectivity index (χ1n) is 12.6. The number of hydrogen-bond acceptors (Lipinski definition) is 11. The molecule has 1 aromatic heterocycles. The van der Waals surface area contributed by atoms with E-state index in [4.69, 9.17) is 22.7 Å². The van der Waals surface area contributed by atoms with Gasteiger partial charge in [0, 0.05) is 85.1 Å². The number of thiocarbonyl (C=S) groups is 1. The summed E-state index contributed by atoms with van der Waals surface area (Å²) in [5.74, 6) is 0.0855. The summed E-state index contributed by atoms with van der Waals surface area (Å²) >= 11 is 8.33. The topological polar surface area (TPSA) is 150 Å². The molecule has 1 unspecified atom stereocenters. The number of carbonyl (C=O) groups excluding carboxylic acids is 2. The normalized spacial score (nSPS) is 12.3. The summed E-state index contributed by atoms with van der Waals surface area (Å²) in [6.07, 6.45) is 8.91. The molecule has 1 heterocycles. The zero-order chi connectivity index (χ0) is 27.9. The number of thioether (sulfide) groups is 2.